The van der Waals surface area contributed by atoms with E-state index in [2.05, 4.69) is 6.58 Å². The van der Waals surface area contributed by atoms with Crippen molar-refractivity contribution >= 4 is 5.91 Å². The zero-order valence-corrected chi connectivity index (χ0v) is 9.67. The monoisotopic (exact) mass is 199 g/mol. The average molecular weight is 199 g/mol. The molecule has 0 saturated carbocycles. The Kier molecular flexibility index (Phi) is 5.46. The smallest absolute Gasteiger partial charge is 0.248 e. The predicted molar refractivity (Wildman–Crippen MR) is 58.2 cm³/mol. The molecule has 1 amide bonds. The highest BCUT2D eigenvalue weighted by atomic mass is 16.5. The molecule has 0 heterocycles. The molecule has 0 bridgehead atoms. The Balaban J connectivity index is 3.98. The van der Waals surface area contributed by atoms with Gasteiger partial charge in [0.05, 0.1) is 5.60 Å². The molecule has 0 aromatic carbocycles. The summed E-state index contributed by atoms with van der Waals surface area (Å²) < 4.78 is 5.39. The van der Waals surface area contributed by atoms with E-state index in [-0.39, 0.29) is 18.1 Å². The van der Waals surface area contributed by atoms with E-state index in [9.17, 15) is 4.79 Å². The zero-order chi connectivity index (χ0) is 11.2. The van der Waals surface area contributed by atoms with Crippen LogP contribution < -0.4 is 0 Å². The first kappa shape index (κ1) is 13.2. The Morgan fingerprint density at radius 2 is 2.07 bits per heavy atom. The fourth-order valence-corrected chi connectivity index (χ4v) is 0.933. The van der Waals surface area contributed by atoms with Crippen LogP contribution in [-0.4, -0.2) is 36.1 Å². The lowest BCUT2D eigenvalue weighted by atomic mass is 10.2. The molecule has 0 atom stereocenters. The van der Waals surface area contributed by atoms with E-state index in [0.717, 1.165) is 0 Å². The lowest BCUT2D eigenvalue weighted by Crippen LogP contribution is -2.36. The summed E-state index contributed by atoms with van der Waals surface area (Å²) in [5.74, 6) is 0.0160. The summed E-state index contributed by atoms with van der Waals surface area (Å²) >= 11 is 0. The first-order chi connectivity index (χ1) is 6.40. The molecule has 0 aliphatic rings. The van der Waals surface area contributed by atoms with Crippen LogP contribution in [-0.2, 0) is 9.53 Å². The van der Waals surface area contributed by atoms with Crippen molar-refractivity contribution in [2.75, 3.05) is 19.7 Å². The van der Waals surface area contributed by atoms with Crippen LogP contribution in [0.4, 0.5) is 0 Å². The highest BCUT2D eigenvalue weighted by molar-refractivity contribution is 5.77. The normalized spacial score (nSPS) is 11.1. The molecule has 0 aromatic heterocycles. The molecular formula is C11H21NO2. The Morgan fingerprint density at radius 1 is 1.50 bits per heavy atom. The molecule has 3 nitrogen and oxygen atoms in total. The van der Waals surface area contributed by atoms with Crippen LogP contribution in [0.25, 0.3) is 0 Å². The number of carbonyl (C=O) groups excluding carboxylic acids is 1. The van der Waals surface area contributed by atoms with Crippen LogP contribution >= 0.6 is 0 Å². The summed E-state index contributed by atoms with van der Waals surface area (Å²) in [4.78, 5) is 13.3. The molecule has 14 heavy (non-hydrogen) atoms. The number of rotatable bonds is 5. The molecule has 0 spiro atoms. The number of hydrogen-bond donors (Lipinski definition) is 0. The number of carbonyl (C=O) groups is 1. The molecule has 0 aliphatic heterocycles. The molecule has 0 fully saturated rings. The van der Waals surface area contributed by atoms with Crippen LogP contribution in [0.2, 0.25) is 0 Å². The first-order valence-electron chi connectivity index (χ1n) is 4.93. The minimum absolute atomic E-state index is 0.0160. The second-order valence-corrected chi connectivity index (χ2v) is 4.12. The van der Waals surface area contributed by atoms with Crippen LogP contribution in [0.1, 0.15) is 27.7 Å². The van der Waals surface area contributed by atoms with Crippen molar-refractivity contribution in [2.45, 2.75) is 33.3 Å². The van der Waals surface area contributed by atoms with E-state index in [0.29, 0.717) is 13.1 Å². The Hall–Kier alpha value is -0.830. The van der Waals surface area contributed by atoms with Crippen molar-refractivity contribution < 1.29 is 9.53 Å². The van der Waals surface area contributed by atoms with Gasteiger partial charge in [-0.2, -0.15) is 0 Å². The lowest BCUT2D eigenvalue weighted by molar-refractivity contribution is -0.140. The average Bonchev–Trinajstić information content (AvgIpc) is 2.09. The van der Waals surface area contributed by atoms with Crippen LogP contribution in [0.3, 0.4) is 0 Å². The van der Waals surface area contributed by atoms with E-state index in [1.807, 2.05) is 27.7 Å². The topological polar surface area (TPSA) is 29.5 Å². The van der Waals surface area contributed by atoms with Crippen molar-refractivity contribution in [3.05, 3.63) is 12.7 Å². The van der Waals surface area contributed by atoms with Crippen molar-refractivity contribution in [2.24, 2.45) is 0 Å². The third-order valence-corrected chi connectivity index (χ3v) is 1.71. The van der Waals surface area contributed by atoms with Crippen molar-refractivity contribution in [1.82, 2.24) is 4.90 Å². The summed E-state index contributed by atoms with van der Waals surface area (Å²) in [6.07, 6.45) is 1.72. The first-order valence-corrected chi connectivity index (χ1v) is 4.93. The summed E-state index contributed by atoms with van der Waals surface area (Å²) in [6, 6.07) is 0. The fraction of sp³-hybridized carbons (Fsp3) is 0.727. The molecule has 0 radical (unpaired) electrons. The third kappa shape index (κ3) is 5.75. The summed E-state index contributed by atoms with van der Waals surface area (Å²) in [6.45, 7) is 12.8. The molecule has 0 N–H and O–H groups in total. The van der Waals surface area contributed by atoms with Crippen LogP contribution in [0.15, 0.2) is 12.7 Å². The highest BCUT2D eigenvalue weighted by Gasteiger charge is 2.15. The van der Waals surface area contributed by atoms with Gasteiger partial charge in [0.25, 0.3) is 0 Å². The van der Waals surface area contributed by atoms with Gasteiger partial charge in [-0.05, 0) is 27.7 Å². The molecule has 0 saturated heterocycles. The van der Waals surface area contributed by atoms with Crippen LogP contribution in [0, 0.1) is 0 Å². The summed E-state index contributed by atoms with van der Waals surface area (Å²) in [7, 11) is 0. The molecule has 0 rings (SSSR count). The van der Waals surface area contributed by atoms with Crippen molar-refractivity contribution in [3.8, 4) is 0 Å². The Bertz CT molecular complexity index is 194. The van der Waals surface area contributed by atoms with E-state index in [1.165, 1.54) is 0 Å². The maximum absolute atomic E-state index is 11.6. The molecule has 0 aromatic rings. The molecule has 0 aliphatic carbocycles. The van der Waals surface area contributed by atoms with Gasteiger partial charge in [-0.15, -0.1) is 6.58 Å². The number of hydrogen-bond acceptors (Lipinski definition) is 2. The van der Waals surface area contributed by atoms with E-state index < -0.39 is 0 Å². The van der Waals surface area contributed by atoms with Gasteiger partial charge in [0.1, 0.15) is 6.61 Å². The molecular weight excluding hydrogens is 178 g/mol. The minimum Gasteiger partial charge on any atom is -0.366 e. The van der Waals surface area contributed by atoms with E-state index >= 15 is 0 Å². The molecule has 3 heteroatoms. The standard InChI is InChI=1S/C11H21NO2/c1-6-8-12(7-2)10(13)9-14-11(3,4)5/h6H,1,7-9H2,2-5H3. The largest absolute Gasteiger partial charge is 0.366 e. The van der Waals surface area contributed by atoms with Crippen molar-refractivity contribution in [3.63, 3.8) is 0 Å². The summed E-state index contributed by atoms with van der Waals surface area (Å²) in [5, 5.41) is 0. The van der Waals surface area contributed by atoms with Gasteiger partial charge in [0.15, 0.2) is 0 Å². The maximum atomic E-state index is 11.6. The van der Waals surface area contributed by atoms with Gasteiger partial charge in [-0.1, -0.05) is 6.08 Å². The number of ether oxygens (including phenoxy) is 1. The minimum atomic E-state index is -0.261. The second kappa shape index (κ2) is 5.81. The van der Waals surface area contributed by atoms with Gasteiger partial charge >= 0.3 is 0 Å². The number of likely N-dealkylation sites (N-methyl/N-ethyl adjacent to an activating group) is 1. The molecule has 0 unspecified atom stereocenters. The Morgan fingerprint density at radius 3 is 2.43 bits per heavy atom. The SMILES string of the molecule is C=CCN(CC)C(=O)COC(C)(C)C. The second-order valence-electron chi connectivity index (χ2n) is 4.12. The fourth-order valence-electron chi connectivity index (χ4n) is 0.933. The van der Waals surface area contributed by atoms with E-state index in [4.69, 9.17) is 4.74 Å². The van der Waals surface area contributed by atoms with Gasteiger partial charge in [-0.25, -0.2) is 0 Å². The quantitative estimate of drug-likeness (QED) is 0.632. The summed E-state index contributed by atoms with van der Waals surface area (Å²) in [5.41, 5.74) is -0.261. The predicted octanol–water partition coefficient (Wildman–Crippen LogP) is 1.84. The van der Waals surface area contributed by atoms with Crippen molar-refractivity contribution in [1.29, 1.82) is 0 Å². The van der Waals surface area contributed by atoms with Gasteiger partial charge in [0.2, 0.25) is 5.91 Å². The van der Waals surface area contributed by atoms with Crippen LogP contribution in [0.5, 0.6) is 0 Å². The third-order valence-electron chi connectivity index (χ3n) is 1.71. The zero-order valence-electron chi connectivity index (χ0n) is 9.67. The Labute approximate surface area is 86.7 Å². The van der Waals surface area contributed by atoms with Gasteiger partial charge < -0.3 is 9.64 Å². The molecule has 82 valence electrons. The maximum Gasteiger partial charge on any atom is 0.248 e. The highest BCUT2D eigenvalue weighted by Crippen LogP contribution is 2.06. The number of nitrogens with zero attached hydrogens (tertiary/aromatic N) is 1. The number of amides is 1. The lowest BCUT2D eigenvalue weighted by Gasteiger charge is -2.23. The van der Waals surface area contributed by atoms with E-state index in [1.54, 1.807) is 11.0 Å². The van der Waals surface area contributed by atoms with Gasteiger partial charge in [-0.3, -0.25) is 4.79 Å². The van der Waals surface area contributed by atoms with Gasteiger partial charge in [0, 0.05) is 13.1 Å².